The summed E-state index contributed by atoms with van der Waals surface area (Å²) in [4.78, 5) is 38.5. The summed E-state index contributed by atoms with van der Waals surface area (Å²) in [5, 5.41) is 2.88. The minimum absolute atomic E-state index is 0.151. The number of rotatable bonds is 6. The Morgan fingerprint density at radius 1 is 1.10 bits per heavy atom. The van der Waals surface area contributed by atoms with Gasteiger partial charge in [-0.05, 0) is 48.4 Å². The number of urea groups is 1. The quantitative estimate of drug-likeness (QED) is 0.407. The van der Waals surface area contributed by atoms with E-state index in [0.29, 0.717) is 34.7 Å². The molecule has 29 heavy (non-hydrogen) atoms. The molecule has 0 bridgehead atoms. The van der Waals surface area contributed by atoms with Crippen LogP contribution in [0, 0.1) is 6.92 Å². The number of halogens is 1. The number of benzene rings is 2. The fraction of sp³-hybridized carbons (Fsp3) is 0.190. The second-order valence-electron chi connectivity index (χ2n) is 6.24. The van der Waals surface area contributed by atoms with Gasteiger partial charge >= 0.3 is 6.03 Å². The Hall–Kier alpha value is -3.13. The summed E-state index contributed by atoms with van der Waals surface area (Å²) >= 11 is 3.29. The second kappa shape index (κ2) is 8.91. The molecule has 0 aromatic heterocycles. The Morgan fingerprint density at radius 2 is 1.90 bits per heavy atom. The number of anilines is 1. The van der Waals surface area contributed by atoms with E-state index >= 15 is 0 Å². The number of imide groups is 2. The lowest BCUT2D eigenvalue weighted by molar-refractivity contribution is -0.122. The van der Waals surface area contributed by atoms with Crippen LogP contribution in [0.15, 0.2) is 48.0 Å². The molecule has 2 aromatic rings. The summed E-state index contributed by atoms with van der Waals surface area (Å²) in [7, 11) is 1.50. The zero-order chi connectivity index (χ0) is 21.0. The number of nitrogens with zero attached hydrogens (tertiary/aromatic N) is 1. The van der Waals surface area contributed by atoms with Crippen LogP contribution in [0.4, 0.5) is 10.5 Å². The molecule has 150 valence electrons. The highest BCUT2D eigenvalue weighted by molar-refractivity contribution is 9.09. The summed E-state index contributed by atoms with van der Waals surface area (Å²) in [6, 6.07) is 11.2. The normalized spacial score (nSPS) is 15.5. The molecule has 4 amide bonds. The van der Waals surface area contributed by atoms with Gasteiger partial charge in [-0.3, -0.25) is 14.9 Å². The van der Waals surface area contributed by atoms with E-state index in [9.17, 15) is 14.4 Å². The summed E-state index contributed by atoms with van der Waals surface area (Å²) in [5.41, 5.74) is 1.68. The molecular formula is C21H19BrN2O5. The van der Waals surface area contributed by atoms with Crippen LogP contribution in [0.3, 0.4) is 0 Å². The summed E-state index contributed by atoms with van der Waals surface area (Å²) in [5.74, 6) is -0.425. The van der Waals surface area contributed by atoms with E-state index in [1.54, 1.807) is 36.4 Å². The van der Waals surface area contributed by atoms with Crippen molar-refractivity contribution in [2.45, 2.75) is 6.92 Å². The van der Waals surface area contributed by atoms with Crippen molar-refractivity contribution in [2.75, 3.05) is 23.9 Å². The number of nitrogens with one attached hydrogen (secondary N) is 1. The van der Waals surface area contributed by atoms with Gasteiger partial charge in [0.1, 0.15) is 5.57 Å². The van der Waals surface area contributed by atoms with Crippen molar-refractivity contribution >= 4 is 45.5 Å². The third kappa shape index (κ3) is 4.48. The van der Waals surface area contributed by atoms with Crippen LogP contribution in [0.25, 0.3) is 6.08 Å². The third-order valence-electron chi connectivity index (χ3n) is 4.19. The first-order valence-corrected chi connectivity index (χ1v) is 9.91. The molecule has 0 atom stereocenters. The lowest BCUT2D eigenvalue weighted by atomic mass is 10.1. The minimum Gasteiger partial charge on any atom is -0.493 e. The summed E-state index contributed by atoms with van der Waals surface area (Å²) < 4.78 is 10.9. The maximum Gasteiger partial charge on any atom is 0.335 e. The predicted molar refractivity (Wildman–Crippen MR) is 112 cm³/mol. The molecule has 8 heteroatoms. The number of hydrogen-bond acceptors (Lipinski definition) is 5. The molecule has 0 saturated carbocycles. The molecule has 1 saturated heterocycles. The van der Waals surface area contributed by atoms with Crippen LogP contribution >= 0.6 is 15.9 Å². The van der Waals surface area contributed by atoms with Gasteiger partial charge in [0.25, 0.3) is 11.8 Å². The van der Waals surface area contributed by atoms with Gasteiger partial charge in [-0.15, -0.1) is 0 Å². The highest BCUT2D eigenvalue weighted by atomic mass is 79.9. The highest BCUT2D eigenvalue weighted by Crippen LogP contribution is 2.30. The molecule has 0 aliphatic carbocycles. The Morgan fingerprint density at radius 3 is 2.59 bits per heavy atom. The first-order valence-electron chi connectivity index (χ1n) is 8.79. The van der Waals surface area contributed by atoms with Crippen LogP contribution < -0.4 is 19.7 Å². The molecule has 0 unspecified atom stereocenters. The molecule has 1 aliphatic rings. The number of carbonyl (C=O) groups is 3. The van der Waals surface area contributed by atoms with Gasteiger partial charge in [0, 0.05) is 5.33 Å². The van der Waals surface area contributed by atoms with Crippen molar-refractivity contribution < 1.29 is 23.9 Å². The largest absolute Gasteiger partial charge is 0.493 e. The summed E-state index contributed by atoms with van der Waals surface area (Å²) in [6.45, 7) is 2.31. The van der Waals surface area contributed by atoms with E-state index in [-0.39, 0.29) is 5.57 Å². The molecule has 1 heterocycles. The van der Waals surface area contributed by atoms with Crippen LogP contribution in [-0.4, -0.2) is 36.9 Å². The molecular weight excluding hydrogens is 440 g/mol. The van der Waals surface area contributed by atoms with E-state index in [1.165, 1.54) is 13.2 Å². The molecule has 1 N–H and O–H groups in total. The van der Waals surface area contributed by atoms with Gasteiger partial charge in [-0.2, -0.15) is 0 Å². The highest BCUT2D eigenvalue weighted by Gasteiger charge is 2.36. The van der Waals surface area contributed by atoms with Crippen molar-refractivity contribution in [2.24, 2.45) is 0 Å². The Kier molecular flexibility index (Phi) is 6.33. The Labute approximate surface area is 176 Å². The zero-order valence-corrected chi connectivity index (χ0v) is 17.5. The number of ether oxygens (including phenoxy) is 2. The van der Waals surface area contributed by atoms with Gasteiger partial charge in [0.15, 0.2) is 11.5 Å². The molecule has 1 aliphatic heterocycles. The van der Waals surface area contributed by atoms with E-state index in [4.69, 9.17) is 9.47 Å². The van der Waals surface area contributed by atoms with Crippen molar-refractivity contribution in [3.8, 4) is 11.5 Å². The maximum atomic E-state index is 12.9. The first kappa shape index (κ1) is 20.6. The van der Waals surface area contributed by atoms with Crippen LogP contribution in [-0.2, 0) is 9.59 Å². The molecule has 2 aromatic carbocycles. The van der Waals surface area contributed by atoms with Crippen LogP contribution in [0.5, 0.6) is 11.5 Å². The second-order valence-corrected chi connectivity index (χ2v) is 7.04. The van der Waals surface area contributed by atoms with Crippen molar-refractivity contribution in [3.05, 3.63) is 59.2 Å². The smallest absolute Gasteiger partial charge is 0.335 e. The average molecular weight is 459 g/mol. The average Bonchev–Trinajstić information content (AvgIpc) is 2.69. The maximum absolute atomic E-state index is 12.9. The Bertz CT molecular complexity index is 1000. The molecule has 1 fully saturated rings. The van der Waals surface area contributed by atoms with E-state index < -0.39 is 17.8 Å². The number of alkyl halides is 1. The van der Waals surface area contributed by atoms with Gasteiger partial charge in [-0.25, -0.2) is 9.69 Å². The van der Waals surface area contributed by atoms with E-state index in [0.717, 1.165) is 10.5 Å². The molecule has 3 rings (SSSR count). The number of hydrogen-bond donors (Lipinski definition) is 1. The fourth-order valence-electron chi connectivity index (χ4n) is 2.87. The van der Waals surface area contributed by atoms with Crippen LogP contribution in [0.2, 0.25) is 0 Å². The first-order chi connectivity index (χ1) is 13.9. The number of carbonyl (C=O) groups excluding carboxylic acids is 3. The third-order valence-corrected chi connectivity index (χ3v) is 4.52. The number of amides is 4. The van der Waals surface area contributed by atoms with Gasteiger partial charge in [0.05, 0.1) is 19.4 Å². The SMILES string of the molecule is COc1cc(/C=C2\C(=O)NC(=O)N(c3cccc(C)c3)C2=O)ccc1OCCBr. The Balaban J connectivity index is 1.96. The zero-order valence-electron chi connectivity index (χ0n) is 15.9. The topological polar surface area (TPSA) is 84.9 Å². The standard InChI is InChI=1S/C21H19BrN2O5/c1-13-4-3-5-15(10-13)24-20(26)16(19(25)23-21(24)27)11-14-6-7-17(29-9-8-22)18(12-14)28-2/h3-7,10-12H,8-9H2,1-2H3,(H,23,25,27)/b16-11+. The number of aryl methyl sites for hydroxylation is 1. The van der Waals surface area contributed by atoms with Crippen molar-refractivity contribution in [3.63, 3.8) is 0 Å². The predicted octanol–water partition coefficient (Wildman–Crippen LogP) is 3.44. The lowest BCUT2D eigenvalue weighted by Gasteiger charge is -2.26. The van der Waals surface area contributed by atoms with E-state index in [2.05, 4.69) is 21.2 Å². The van der Waals surface area contributed by atoms with Crippen LogP contribution in [0.1, 0.15) is 11.1 Å². The molecule has 0 radical (unpaired) electrons. The molecule has 7 nitrogen and oxygen atoms in total. The molecule has 0 spiro atoms. The number of methoxy groups -OCH3 is 1. The fourth-order valence-corrected chi connectivity index (χ4v) is 3.03. The number of barbiturate groups is 1. The van der Waals surface area contributed by atoms with Gasteiger partial charge in [-0.1, -0.05) is 34.1 Å². The van der Waals surface area contributed by atoms with Gasteiger partial charge < -0.3 is 9.47 Å². The van der Waals surface area contributed by atoms with Crippen molar-refractivity contribution in [1.82, 2.24) is 5.32 Å². The van der Waals surface area contributed by atoms with Gasteiger partial charge in [0.2, 0.25) is 0 Å². The summed E-state index contributed by atoms with van der Waals surface area (Å²) in [6.07, 6.45) is 1.42. The van der Waals surface area contributed by atoms with Crippen molar-refractivity contribution in [1.29, 1.82) is 0 Å². The monoisotopic (exact) mass is 458 g/mol. The lowest BCUT2D eigenvalue weighted by Crippen LogP contribution is -2.54. The van der Waals surface area contributed by atoms with E-state index in [1.807, 2.05) is 13.0 Å². The minimum atomic E-state index is -0.779.